The first-order chi connectivity index (χ1) is 9.25. The van der Waals surface area contributed by atoms with Gasteiger partial charge in [0.2, 0.25) is 0 Å². The molecule has 2 heterocycles. The van der Waals surface area contributed by atoms with Crippen LogP contribution in [0.2, 0.25) is 5.15 Å². The van der Waals surface area contributed by atoms with E-state index < -0.39 is 10.8 Å². The van der Waals surface area contributed by atoms with E-state index in [1.54, 1.807) is 0 Å². The number of nitrogens with one attached hydrogen (secondary N) is 1. The highest BCUT2D eigenvalue weighted by Gasteiger charge is 2.24. The molecule has 6 heteroatoms. The Bertz CT molecular complexity index is 628. The molecule has 1 aromatic heterocycles. The minimum Gasteiger partial charge on any atom is -0.316 e. The van der Waals surface area contributed by atoms with E-state index in [-0.39, 0.29) is 10.4 Å². The summed E-state index contributed by atoms with van der Waals surface area (Å²) in [6.07, 6.45) is 1.97. The molecular weight excluding hydrogens is 282 g/mol. The van der Waals surface area contributed by atoms with Crippen molar-refractivity contribution in [2.24, 2.45) is 0 Å². The zero-order valence-corrected chi connectivity index (χ0v) is 11.9. The lowest BCUT2D eigenvalue weighted by atomic mass is 10.2. The van der Waals surface area contributed by atoms with Crippen LogP contribution in [0.1, 0.15) is 12.8 Å². The Hall–Kier alpha value is -1.04. The van der Waals surface area contributed by atoms with Gasteiger partial charge in [0, 0.05) is 6.54 Å². The normalized spacial score (nSPS) is 21.4. The van der Waals surface area contributed by atoms with Crippen molar-refractivity contribution >= 4 is 33.4 Å². The maximum atomic E-state index is 12.5. The fourth-order valence-corrected chi connectivity index (χ4v) is 3.98. The number of para-hydroxylation sites is 2. The molecule has 0 amide bonds. The second kappa shape index (κ2) is 5.53. The minimum absolute atomic E-state index is 0.0710. The topological polar surface area (TPSA) is 54.9 Å². The first-order valence-corrected chi connectivity index (χ1v) is 7.88. The largest absolute Gasteiger partial charge is 0.316 e. The summed E-state index contributed by atoms with van der Waals surface area (Å²) in [5, 5.41) is 3.99. The van der Waals surface area contributed by atoms with E-state index in [0.29, 0.717) is 5.03 Å². The SMILES string of the molecule is O=[S@@](c1nc2ccccc2nc1Cl)[C@@H]1CCCNC1. The van der Waals surface area contributed by atoms with Crippen LogP contribution in [0.5, 0.6) is 0 Å². The van der Waals surface area contributed by atoms with Crippen molar-refractivity contribution in [3.05, 3.63) is 29.4 Å². The molecular formula is C13H14ClN3OS. The lowest BCUT2D eigenvalue weighted by Crippen LogP contribution is -2.36. The van der Waals surface area contributed by atoms with Gasteiger partial charge < -0.3 is 5.32 Å². The summed E-state index contributed by atoms with van der Waals surface area (Å²) in [6.45, 7) is 1.74. The Labute approximate surface area is 119 Å². The van der Waals surface area contributed by atoms with Gasteiger partial charge in [-0.2, -0.15) is 0 Å². The van der Waals surface area contributed by atoms with Gasteiger partial charge in [0.1, 0.15) is 0 Å². The maximum Gasteiger partial charge on any atom is 0.165 e. The van der Waals surface area contributed by atoms with Crippen molar-refractivity contribution in [3.8, 4) is 0 Å². The van der Waals surface area contributed by atoms with Crippen LogP contribution in [0.4, 0.5) is 0 Å². The van der Waals surface area contributed by atoms with Crippen LogP contribution in [0.25, 0.3) is 11.0 Å². The number of hydrogen-bond acceptors (Lipinski definition) is 4. The molecule has 0 radical (unpaired) electrons. The Kier molecular flexibility index (Phi) is 3.77. The van der Waals surface area contributed by atoms with Crippen molar-refractivity contribution in [2.45, 2.75) is 23.1 Å². The molecule has 1 aromatic carbocycles. The number of halogens is 1. The number of fused-ring (bicyclic) bond motifs is 1. The molecule has 1 fully saturated rings. The highest BCUT2D eigenvalue weighted by Crippen LogP contribution is 2.23. The third-order valence-electron chi connectivity index (χ3n) is 3.24. The Morgan fingerprint density at radius 1 is 1.26 bits per heavy atom. The zero-order valence-electron chi connectivity index (χ0n) is 10.3. The van der Waals surface area contributed by atoms with E-state index >= 15 is 0 Å². The van der Waals surface area contributed by atoms with Crippen molar-refractivity contribution in [3.63, 3.8) is 0 Å². The molecule has 0 saturated carbocycles. The second-order valence-electron chi connectivity index (χ2n) is 4.57. The van der Waals surface area contributed by atoms with Crippen LogP contribution >= 0.6 is 11.6 Å². The maximum absolute atomic E-state index is 12.5. The van der Waals surface area contributed by atoms with Gasteiger partial charge in [0.25, 0.3) is 0 Å². The molecule has 0 aliphatic carbocycles. The molecule has 1 aliphatic rings. The van der Waals surface area contributed by atoms with E-state index in [9.17, 15) is 4.21 Å². The van der Waals surface area contributed by atoms with Crippen LogP contribution in [0.3, 0.4) is 0 Å². The quantitative estimate of drug-likeness (QED) is 0.922. The van der Waals surface area contributed by atoms with Gasteiger partial charge in [-0.15, -0.1) is 0 Å². The Morgan fingerprint density at radius 2 is 2.00 bits per heavy atom. The summed E-state index contributed by atoms with van der Waals surface area (Å²) < 4.78 is 12.5. The van der Waals surface area contributed by atoms with E-state index in [2.05, 4.69) is 15.3 Å². The highest BCUT2D eigenvalue weighted by molar-refractivity contribution is 7.85. The average Bonchev–Trinajstić information content (AvgIpc) is 2.47. The second-order valence-corrected chi connectivity index (χ2v) is 6.58. The third-order valence-corrected chi connectivity index (χ3v) is 5.29. The van der Waals surface area contributed by atoms with Crippen LogP contribution in [0, 0.1) is 0 Å². The van der Waals surface area contributed by atoms with Crippen molar-refractivity contribution in [1.82, 2.24) is 15.3 Å². The monoisotopic (exact) mass is 295 g/mol. The van der Waals surface area contributed by atoms with Gasteiger partial charge in [-0.05, 0) is 31.5 Å². The number of aromatic nitrogens is 2. The number of benzene rings is 1. The summed E-state index contributed by atoms with van der Waals surface area (Å²) in [6, 6.07) is 7.48. The van der Waals surface area contributed by atoms with Gasteiger partial charge in [0.15, 0.2) is 10.2 Å². The number of nitrogens with zero attached hydrogens (tertiary/aromatic N) is 2. The first kappa shape index (κ1) is 13.0. The molecule has 1 aliphatic heterocycles. The summed E-state index contributed by atoms with van der Waals surface area (Å²) in [4.78, 5) is 8.71. The Morgan fingerprint density at radius 3 is 2.68 bits per heavy atom. The number of rotatable bonds is 2. The predicted octanol–water partition coefficient (Wildman–Crippen LogP) is 2.14. The van der Waals surface area contributed by atoms with E-state index in [0.717, 1.165) is 37.0 Å². The molecule has 2 atom stereocenters. The summed E-state index contributed by atoms with van der Waals surface area (Å²) in [7, 11) is -1.21. The fraction of sp³-hybridized carbons (Fsp3) is 0.385. The minimum atomic E-state index is -1.21. The summed E-state index contributed by atoms with van der Waals surface area (Å²) in [5.74, 6) is 0. The van der Waals surface area contributed by atoms with Crippen molar-refractivity contribution in [2.75, 3.05) is 13.1 Å². The zero-order chi connectivity index (χ0) is 13.2. The molecule has 3 rings (SSSR count). The van der Waals surface area contributed by atoms with Crippen molar-refractivity contribution < 1.29 is 4.21 Å². The molecule has 2 aromatic rings. The van der Waals surface area contributed by atoms with Gasteiger partial charge in [-0.3, -0.25) is 4.21 Å². The van der Waals surface area contributed by atoms with Crippen LogP contribution in [-0.2, 0) is 10.8 Å². The highest BCUT2D eigenvalue weighted by atomic mass is 35.5. The average molecular weight is 296 g/mol. The van der Waals surface area contributed by atoms with Gasteiger partial charge in [-0.25, -0.2) is 9.97 Å². The smallest absolute Gasteiger partial charge is 0.165 e. The van der Waals surface area contributed by atoms with Crippen LogP contribution < -0.4 is 5.32 Å². The van der Waals surface area contributed by atoms with Crippen LogP contribution in [0.15, 0.2) is 29.3 Å². The van der Waals surface area contributed by atoms with Gasteiger partial charge >= 0.3 is 0 Å². The lowest BCUT2D eigenvalue weighted by molar-refractivity contribution is 0.519. The van der Waals surface area contributed by atoms with E-state index in [4.69, 9.17) is 11.6 Å². The van der Waals surface area contributed by atoms with Gasteiger partial charge in [0.05, 0.1) is 27.1 Å². The van der Waals surface area contributed by atoms with E-state index in [1.165, 1.54) is 0 Å². The molecule has 0 bridgehead atoms. The predicted molar refractivity (Wildman–Crippen MR) is 76.8 cm³/mol. The van der Waals surface area contributed by atoms with E-state index in [1.807, 2.05) is 24.3 Å². The van der Waals surface area contributed by atoms with Gasteiger partial charge in [-0.1, -0.05) is 23.7 Å². The Balaban J connectivity index is 1.99. The standard InChI is InChI=1S/C13H14ClN3OS/c14-12-13(19(18)9-4-3-7-15-8-9)17-11-6-2-1-5-10(11)16-12/h1-2,5-6,9,15H,3-4,7-8H2/t9-,19-/m1/s1. The fourth-order valence-electron chi connectivity index (χ4n) is 2.25. The summed E-state index contributed by atoms with van der Waals surface area (Å²) in [5.41, 5.74) is 1.47. The molecule has 1 saturated heterocycles. The van der Waals surface area contributed by atoms with Crippen LogP contribution in [-0.4, -0.2) is 32.5 Å². The number of hydrogen-bond donors (Lipinski definition) is 1. The molecule has 0 unspecified atom stereocenters. The molecule has 19 heavy (non-hydrogen) atoms. The molecule has 1 N–H and O–H groups in total. The number of piperidine rings is 1. The molecule has 0 spiro atoms. The first-order valence-electron chi connectivity index (χ1n) is 6.29. The summed E-state index contributed by atoms with van der Waals surface area (Å²) >= 11 is 6.13. The lowest BCUT2D eigenvalue weighted by Gasteiger charge is -2.21. The van der Waals surface area contributed by atoms with Crippen molar-refractivity contribution in [1.29, 1.82) is 0 Å². The molecule has 4 nitrogen and oxygen atoms in total. The third kappa shape index (κ3) is 2.63. The molecule has 100 valence electrons.